The molecule has 3 aromatic carbocycles. The summed E-state index contributed by atoms with van der Waals surface area (Å²) in [4.78, 5) is 83.9. The molecule has 3 fully saturated rings. The van der Waals surface area contributed by atoms with Gasteiger partial charge in [0.1, 0.15) is 11.5 Å². The van der Waals surface area contributed by atoms with Gasteiger partial charge < -0.3 is 16.0 Å². The molecule has 2 spiro atoms. The Morgan fingerprint density at radius 2 is 1.65 bits per heavy atom. The number of hydrogen-bond acceptors (Lipinski definition) is 8. The second kappa shape index (κ2) is 17.4. The van der Waals surface area contributed by atoms with E-state index in [4.69, 9.17) is 23.2 Å². The number of nitrogens with zero attached hydrogens (tertiary/aromatic N) is 3. The number of imidazole rings is 1. The quantitative estimate of drug-likeness (QED) is 0.0522. The number of benzene rings is 3. The highest BCUT2D eigenvalue weighted by Crippen LogP contribution is 2.64. The van der Waals surface area contributed by atoms with Gasteiger partial charge in [0.2, 0.25) is 23.6 Å². The summed E-state index contributed by atoms with van der Waals surface area (Å²) in [6.07, 6.45) is 7.63. The van der Waals surface area contributed by atoms with Crippen LogP contribution in [0.3, 0.4) is 0 Å². The van der Waals surface area contributed by atoms with E-state index < -0.39 is 46.6 Å². The predicted octanol–water partition coefficient (Wildman–Crippen LogP) is 7.22. The minimum Gasteiger partial charge on any atom is -0.352 e. The lowest BCUT2D eigenvalue weighted by molar-refractivity contribution is -0.135. The average Bonchev–Trinajstić information content (AvgIpc) is 3.84. The molecule has 5 amide bonds. The number of nitrogens with one attached hydrogen (secondary N) is 5. The van der Waals surface area contributed by atoms with Crippen LogP contribution in [0.4, 0.5) is 15.8 Å². The van der Waals surface area contributed by atoms with Crippen molar-refractivity contribution in [2.24, 2.45) is 12.5 Å². The SMILES string of the molecule is Cn1c(=O)n(C2CCC(=O)NC2=O)c2ccc(CCCCCNC(=O)c3ccc(NC(=O)[C@@H]4NC5(CCC(C)(C)CC5)[C@@]5(C(=O)Nc6cc(Cl)ccc65)[C@H]4c4ccnc(Cl)c4F)cc3)cc21. The molecule has 5 heterocycles. The maximum absolute atomic E-state index is 16.3. The molecule has 344 valence electrons. The van der Waals surface area contributed by atoms with Crippen LogP contribution in [0.2, 0.25) is 10.2 Å². The molecule has 0 radical (unpaired) electrons. The zero-order valence-electron chi connectivity index (χ0n) is 36.9. The van der Waals surface area contributed by atoms with Crippen LogP contribution in [0.15, 0.2) is 77.7 Å². The van der Waals surface area contributed by atoms with Gasteiger partial charge in [0.05, 0.1) is 17.1 Å². The molecule has 4 atom stereocenters. The number of amides is 5. The predicted molar refractivity (Wildman–Crippen MR) is 249 cm³/mol. The van der Waals surface area contributed by atoms with Gasteiger partial charge in [0, 0.05) is 59.6 Å². The number of anilines is 2. The first-order valence-electron chi connectivity index (χ1n) is 22.5. The van der Waals surface area contributed by atoms with Crippen LogP contribution in [-0.4, -0.2) is 61.8 Å². The van der Waals surface area contributed by atoms with Crippen molar-refractivity contribution in [3.8, 4) is 0 Å². The normalized spacial score (nSPS) is 22.9. The molecule has 5 N–H and O–H groups in total. The number of aromatic nitrogens is 3. The van der Waals surface area contributed by atoms with Crippen molar-refractivity contribution in [3.05, 3.63) is 122 Å². The topological polar surface area (TPSA) is 185 Å². The monoisotopic (exact) mass is 936 g/mol. The fourth-order valence-corrected chi connectivity index (χ4v) is 11.3. The molecule has 3 aliphatic heterocycles. The Labute approximate surface area is 390 Å². The van der Waals surface area contributed by atoms with Crippen molar-refractivity contribution in [2.75, 3.05) is 17.2 Å². The summed E-state index contributed by atoms with van der Waals surface area (Å²) >= 11 is 12.7. The van der Waals surface area contributed by atoms with Gasteiger partial charge in [0.15, 0.2) is 11.0 Å². The fraction of sp³-hybridized carbons (Fsp3) is 0.408. The molecule has 66 heavy (non-hydrogen) atoms. The molecule has 1 unspecified atom stereocenters. The number of fused-ring (bicyclic) bond motifs is 4. The van der Waals surface area contributed by atoms with Crippen LogP contribution >= 0.6 is 23.2 Å². The first-order chi connectivity index (χ1) is 31.5. The molecule has 17 heteroatoms. The largest absolute Gasteiger partial charge is 0.352 e. The highest BCUT2D eigenvalue weighted by atomic mass is 35.5. The van der Waals surface area contributed by atoms with Gasteiger partial charge in [-0.15, -0.1) is 0 Å². The van der Waals surface area contributed by atoms with Crippen LogP contribution < -0.4 is 32.3 Å². The highest BCUT2D eigenvalue weighted by Gasteiger charge is 2.73. The molecule has 1 saturated carbocycles. The number of halogens is 3. The molecule has 5 aromatic rings. The average molecular weight is 938 g/mol. The van der Waals surface area contributed by atoms with Gasteiger partial charge in [-0.2, -0.15) is 0 Å². The minimum absolute atomic E-state index is 0.0137. The second-order valence-electron chi connectivity index (χ2n) is 18.9. The van der Waals surface area contributed by atoms with E-state index in [0.717, 1.165) is 44.1 Å². The van der Waals surface area contributed by atoms with Crippen molar-refractivity contribution in [2.45, 2.75) is 107 Å². The van der Waals surface area contributed by atoms with Gasteiger partial charge in [0.25, 0.3) is 5.91 Å². The molecular formula is C49H51Cl2FN8O6. The smallest absolute Gasteiger partial charge is 0.329 e. The Morgan fingerprint density at radius 1 is 0.894 bits per heavy atom. The van der Waals surface area contributed by atoms with Crippen molar-refractivity contribution < 1.29 is 28.4 Å². The number of piperidine rings is 1. The molecule has 4 aliphatic rings. The van der Waals surface area contributed by atoms with Crippen LogP contribution in [0, 0.1) is 11.2 Å². The summed E-state index contributed by atoms with van der Waals surface area (Å²) in [5.74, 6) is -3.73. The number of carbonyl (C=O) groups excluding carboxylic acids is 5. The number of unbranched alkanes of at least 4 members (excludes halogenated alkanes) is 2. The third-order valence-electron chi connectivity index (χ3n) is 14.5. The molecule has 2 aromatic heterocycles. The van der Waals surface area contributed by atoms with Gasteiger partial charge in [-0.3, -0.25) is 43.7 Å². The third kappa shape index (κ3) is 7.77. The van der Waals surface area contributed by atoms with E-state index in [-0.39, 0.29) is 52.4 Å². The lowest BCUT2D eigenvalue weighted by Gasteiger charge is -2.50. The number of hydrogen-bond donors (Lipinski definition) is 5. The van der Waals surface area contributed by atoms with E-state index in [1.54, 1.807) is 49.5 Å². The summed E-state index contributed by atoms with van der Waals surface area (Å²) in [5.41, 5.74) is 1.80. The number of carbonyl (C=O) groups is 5. The summed E-state index contributed by atoms with van der Waals surface area (Å²) < 4.78 is 19.3. The Hall–Kier alpha value is -5.90. The van der Waals surface area contributed by atoms with E-state index in [2.05, 4.69) is 45.4 Å². The van der Waals surface area contributed by atoms with E-state index in [9.17, 15) is 28.8 Å². The maximum Gasteiger partial charge on any atom is 0.329 e. The molecule has 1 aliphatic carbocycles. The van der Waals surface area contributed by atoms with Gasteiger partial charge in [-0.25, -0.2) is 14.2 Å². The molecule has 9 rings (SSSR count). The van der Waals surface area contributed by atoms with Crippen molar-refractivity contribution in [1.29, 1.82) is 0 Å². The Bertz CT molecular complexity index is 2870. The van der Waals surface area contributed by atoms with E-state index >= 15 is 4.39 Å². The van der Waals surface area contributed by atoms with Crippen molar-refractivity contribution >= 4 is 75.1 Å². The van der Waals surface area contributed by atoms with Crippen LogP contribution in [0.25, 0.3) is 11.0 Å². The van der Waals surface area contributed by atoms with Crippen LogP contribution in [0.5, 0.6) is 0 Å². The molecule has 14 nitrogen and oxygen atoms in total. The number of rotatable bonds is 11. The number of pyridine rings is 1. The van der Waals surface area contributed by atoms with Gasteiger partial charge in [-0.05, 0) is 128 Å². The Morgan fingerprint density at radius 3 is 2.39 bits per heavy atom. The van der Waals surface area contributed by atoms with E-state index in [1.165, 1.54) is 21.4 Å². The van der Waals surface area contributed by atoms with Gasteiger partial charge in [-0.1, -0.05) is 55.6 Å². The standard InChI is InChI=1S/C49H51Cl2FN8O6/c1-47(2)19-21-48(22-20-47)49(32-14-11-29(50)26-33(32)56-45(49)65)38(31-18-24-53-41(51)39(31)52)40(58-48)44(64)55-30-12-9-28(10-13-30)42(62)54-23-6-4-5-7-27-8-15-34-36(25-27)59(3)46(66)60(34)35-16-17-37(61)57-43(35)63/h8-15,18,24-26,35,38,40,58H,4-7,16-17,19-23H2,1-3H3,(H,54,62)(H,55,64)(H,56,65)(H,57,61,63)/t35?,38-,40+,49+/m0/s1. The van der Waals surface area contributed by atoms with Gasteiger partial charge >= 0.3 is 5.69 Å². The first kappa shape index (κ1) is 45.3. The Balaban J connectivity index is 0.851. The summed E-state index contributed by atoms with van der Waals surface area (Å²) in [6.45, 7) is 4.82. The first-order valence-corrected chi connectivity index (χ1v) is 23.2. The fourth-order valence-electron chi connectivity index (χ4n) is 11.0. The second-order valence-corrected chi connectivity index (χ2v) is 19.7. The summed E-state index contributed by atoms with van der Waals surface area (Å²) in [7, 11) is 1.67. The maximum atomic E-state index is 16.3. The zero-order chi connectivity index (χ0) is 46.7. The molecule has 0 bridgehead atoms. The van der Waals surface area contributed by atoms with Crippen LogP contribution in [-0.2, 0) is 38.1 Å². The summed E-state index contributed by atoms with van der Waals surface area (Å²) in [6, 6.07) is 17.2. The number of imide groups is 1. The lowest BCUT2D eigenvalue weighted by Crippen LogP contribution is -2.61. The highest BCUT2D eigenvalue weighted by molar-refractivity contribution is 6.31. The zero-order valence-corrected chi connectivity index (χ0v) is 38.4. The van der Waals surface area contributed by atoms with Crippen LogP contribution in [0.1, 0.15) is 111 Å². The third-order valence-corrected chi connectivity index (χ3v) is 15.0. The molecular weight excluding hydrogens is 886 g/mol. The van der Waals surface area contributed by atoms with E-state index in [0.29, 0.717) is 57.9 Å². The van der Waals surface area contributed by atoms with E-state index in [1.807, 2.05) is 18.2 Å². The summed E-state index contributed by atoms with van der Waals surface area (Å²) in [5, 5.41) is 15.0. The number of aryl methyl sites for hydroxylation is 2. The lowest BCUT2D eigenvalue weighted by atomic mass is 9.53. The minimum atomic E-state index is -1.41. The van der Waals surface area contributed by atoms with Crippen molar-refractivity contribution in [3.63, 3.8) is 0 Å². The van der Waals surface area contributed by atoms with Crippen molar-refractivity contribution in [1.82, 2.24) is 30.1 Å². The Kier molecular flexibility index (Phi) is 11.9. The molecule has 2 saturated heterocycles.